The maximum Gasteiger partial charge on any atom is 0.229 e. The van der Waals surface area contributed by atoms with Crippen LogP contribution in [-0.2, 0) is 11.2 Å². The van der Waals surface area contributed by atoms with Crippen LogP contribution in [0.5, 0.6) is 5.75 Å². The molecule has 1 fully saturated rings. The Morgan fingerprint density at radius 3 is 2.67 bits per heavy atom. The van der Waals surface area contributed by atoms with Crippen LogP contribution in [0.1, 0.15) is 17.8 Å². The van der Waals surface area contributed by atoms with Gasteiger partial charge in [-0.3, -0.25) is 5.10 Å². The number of ether oxygens (including phenoxy) is 2. The van der Waals surface area contributed by atoms with E-state index in [1.807, 2.05) is 36.4 Å². The number of aliphatic hydroxyl groups is 4. The van der Waals surface area contributed by atoms with Crippen LogP contribution >= 0.6 is 0 Å². The van der Waals surface area contributed by atoms with Crippen molar-refractivity contribution in [3.05, 3.63) is 59.9 Å². The third-order valence-corrected chi connectivity index (χ3v) is 5.32. The smallest absolute Gasteiger partial charge is 0.229 e. The van der Waals surface area contributed by atoms with E-state index in [4.69, 9.17) is 9.47 Å². The molecule has 0 spiro atoms. The van der Waals surface area contributed by atoms with Gasteiger partial charge < -0.3 is 29.9 Å². The van der Waals surface area contributed by atoms with Gasteiger partial charge in [0.2, 0.25) is 6.29 Å². The first kappa shape index (κ1) is 20.6. The van der Waals surface area contributed by atoms with Crippen LogP contribution in [0.4, 0.5) is 0 Å². The molecule has 6 N–H and O–H groups in total. The summed E-state index contributed by atoms with van der Waals surface area (Å²) in [6, 6.07) is 15.2. The molecule has 4 unspecified atom stereocenters. The minimum Gasteiger partial charge on any atom is -0.461 e. The molecule has 9 heteroatoms. The van der Waals surface area contributed by atoms with Crippen molar-refractivity contribution < 1.29 is 29.9 Å². The Balaban J connectivity index is 1.60. The van der Waals surface area contributed by atoms with E-state index in [9.17, 15) is 20.4 Å². The summed E-state index contributed by atoms with van der Waals surface area (Å²) in [5, 5.41) is 49.7. The molecule has 4 rings (SSSR count). The minimum absolute atomic E-state index is 0.0997. The molecule has 0 aliphatic carbocycles. The second-order valence-electron chi connectivity index (χ2n) is 7.51. The highest BCUT2D eigenvalue weighted by Crippen LogP contribution is 2.35. The molecule has 30 heavy (non-hydrogen) atoms. The third kappa shape index (κ3) is 4.11. The Morgan fingerprint density at radius 2 is 1.97 bits per heavy atom. The summed E-state index contributed by atoms with van der Waals surface area (Å²) in [5.74, 6) is 1.28. The maximum atomic E-state index is 10.5. The fourth-order valence-electron chi connectivity index (χ4n) is 3.63. The van der Waals surface area contributed by atoms with Crippen molar-refractivity contribution in [3.63, 3.8) is 0 Å². The van der Waals surface area contributed by atoms with Gasteiger partial charge in [0.05, 0.1) is 19.3 Å². The van der Waals surface area contributed by atoms with E-state index >= 15 is 0 Å². The zero-order valence-electron chi connectivity index (χ0n) is 16.2. The molecule has 3 aromatic rings. The number of benzene rings is 2. The summed E-state index contributed by atoms with van der Waals surface area (Å²) in [6.45, 7) is -1.05. The van der Waals surface area contributed by atoms with E-state index in [1.165, 1.54) is 0 Å². The van der Waals surface area contributed by atoms with Crippen LogP contribution in [0.25, 0.3) is 11.1 Å². The Hall–Kier alpha value is -2.69. The lowest BCUT2D eigenvalue weighted by atomic mass is 9.88. The van der Waals surface area contributed by atoms with Gasteiger partial charge in [-0.25, -0.2) is 5.21 Å². The molecular formula is C21H25N3O6. The van der Waals surface area contributed by atoms with E-state index in [0.717, 1.165) is 22.5 Å². The average Bonchev–Trinajstić information content (AvgIpc) is 2.74. The van der Waals surface area contributed by atoms with Crippen LogP contribution in [0.15, 0.2) is 48.5 Å². The molecule has 160 valence electrons. The van der Waals surface area contributed by atoms with Gasteiger partial charge in [-0.15, -0.1) is 5.10 Å². The molecule has 1 aliphatic rings. The average molecular weight is 415 g/mol. The summed E-state index contributed by atoms with van der Waals surface area (Å²) >= 11 is 0. The van der Waals surface area contributed by atoms with Crippen molar-refractivity contribution in [2.75, 3.05) is 13.2 Å². The minimum atomic E-state index is -1.82. The molecule has 1 aliphatic heterocycles. The summed E-state index contributed by atoms with van der Waals surface area (Å²) in [5.41, 5.74) is 0.905. The molecule has 1 saturated heterocycles. The normalized spacial score (nSPS) is 26.6. The van der Waals surface area contributed by atoms with Gasteiger partial charge in [0, 0.05) is 18.4 Å². The number of nitrogens with one attached hydrogen (secondary N) is 2. The predicted octanol–water partition coefficient (Wildman–Crippen LogP) is 0.566. The van der Waals surface area contributed by atoms with Crippen LogP contribution in [0.3, 0.4) is 0 Å². The second-order valence-corrected chi connectivity index (χ2v) is 7.51. The Morgan fingerprint density at radius 1 is 1.17 bits per heavy atom. The maximum absolute atomic E-state index is 10.5. The lowest BCUT2D eigenvalue weighted by Crippen LogP contribution is -2.61. The second kappa shape index (κ2) is 8.58. The van der Waals surface area contributed by atoms with Crippen molar-refractivity contribution in [2.45, 2.75) is 36.9 Å². The molecule has 0 radical (unpaired) electrons. The monoisotopic (exact) mass is 415 g/mol. The molecule has 0 amide bonds. The van der Waals surface area contributed by atoms with Crippen molar-refractivity contribution in [3.8, 4) is 16.9 Å². The Labute approximate surface area is 172 Å². The number of H-pyrrole nitrogens is 2. The largest absolute Gasteiger partial charge is 0.461 e. The van der Waals surface area contributed by atoms with E-state index in [2.05, 4.69) is 15.4 Å². The van der Waals surface area contributed by atoms with E-state index in [1.54, 1.807) is 12.1 Å². The van der Waals surface area contributed by atoms with Crippen molar-refractivity contribution >= 4 is 0 Å². The summed E-state index contributed by atoms with van der Waals surface area (Å²) in [4.78, 5) is 0. The highest BCUT2D eigenvalue weighted by atomic mass is 16.7. The fraction of sp³-hybridized carbons (Fsp3) is 0.381. The molecule has 0 bridgehead atoms. The number of aliphatic hydroxyl groups excluding tert-OH is 3. The molecule has 2 heterocycles. The van der Waals surface area contributed by atoms with Gasteiger partial charge in [-0.05, 0) is 17.2 Å². The van der Waals surface area contributed by atoms with Crippen molar-refractivity contribution in [1.82, 2.24) is 15.4 Å². The standard InChI is InChI=1S/C21H25N3O6/c25-11-15-10-21(28,12-26)19(27)20(29-15)30-17-7-2-1-6-16(17)14-5-3-4-13(8-14)9-18-22-24-23-18/h1-8,15,19-20,24-28H,9-12H2,(H,22,23). The SMILES string of the molecule is OCC1CC(O)(CO)C(O)C(Oc2ccccc2-c2cccc(Cc3n[nH][nH]3)c2)O1. The first-order chi connectivity index (χ1) is 14.5. The Bertz CT molecular complexity index is 964. The Kier molecular flexibility index (Phi) is 5.89. The number of hydrogen-bond donors (Lipinski definition) is 6. The first-order valence-electron chi connectivity index (χ1n) is 9.72. The van der Waals surface area contributed by atoms with Gasteiger partial charge in [-0.2, -0.15) is 0 Å². The van der Waals surface area contributed by atoms with E-state index in [-0.39, 0.29) is 13.0 Å². The first-order valence-corrected chi connectivity index (χ1v) is 9.72. The molecular weight excluding hydrogens is 390 g/mol. The zero-order valence-corrected chi connectivity index (χ0v) is 16.2. The van der Waals surface area contributed by atoms with Gasteiger partial charge in [0.1, 0.15) is 23.3 Å². The number of aromatic amines is 2. The molecule has 0 saturated carbocycles. The van der Waals surface area contributed by atoms with E-state index in [0.29, 0.717) is 12.2 Å². The van der Waals surface area contributed by atoms with Gasteiger partial charge >= 0.3 is 0 Å². The molecule has 2 aromatic carbocycles. The molecule has 9 nitrogen and oxygen atoms in total. The number of aromatic nitrogens is 3. The van der Waals surface area contributed by atoms with Crippen LogP contribution in [0, 0.1) is 0 Å². The van der Waals surface area contributed by atoms with Crippen LogP contribution < -0.4 is 4.74 Å². The molecule has 1 aromatic heterocycles. The fourth-order valence-corrected chi connectivity index (χ4v) is 3.63. The highest BCUT2D eigenvalue weighted by molar-refractivity contribution is 5.71. The van der Waals surface area contributed by atoms with Gasteiger partial charge in [-0.1, -0.05) is 42.5 Å². The highest BCUT2D eigenvalue weighted by Gasteiger charge is 2.49. The summed E-state index contributed by atoms with van der Waals surface area (Å²) in [6.07, 6.45) is -2.96. The number of nitrogens with zero attached hydrogens (tertiary/aromatic N) is 1. The lowest BCUT2D eigenvalue weighted by Gasteiger charge is -2.43. The molecule has 4 atom stereocenters. The van der Waals surface area contributed by atoms with Gasteiger partial charge in [0.15, 0.2) is 0 Å². The van der Waals surface area contributed by atoms with Gasteiger partial charge in [0.25, 0.3) is 0 Å². The van der Waals surface area contributed by atoms with Crippen LogP contribution in [0.2, 0.25) is 0 Å². The number of rotatable bonds is 7. The topological polar surface area (TPSA) is 144 Å². The summed E-state index contributed by atoms with van der Waals surface area (Å²) < 4.78 is 11.5. The van der Waals surface area contributed by atoms with Crippen molar-refractivity contribution in [2.24, 2.45) is 0 Å². The zero-order chi connectivity index (χ0) is 21.1. The van der Waals surface area contributed by atoms with E-state index < -0.39 is 30.7 Å². The lowest BCUT2D eigenvalue weighted by molar-refractivity contribution is -0.280. The predicted molar refractivity (Wildman–Crippen MR) is 107 cm³/mol. The summed E-state index contributed by atoms with van der Waals surface area (Å²) in [7, 11) is 0. The number of hydrogen-bond acceptors (Lipinski definition) is 7. The quantitative estimate of drug-likeness (QED) is 0.331. The van der Waals surface area contributed by atoms with Crippen molar-refractivity contribution in [1.29, 1.82) is 0 Å². The van der Waals surface area contributed by atoms with Crippen LogP contribution in [-0.4, -0.2) is 73.1 Å². The third-order valence-electron chi connectivity index (χ3n) is 5.32. The number of para-hydroxylation sites is 1.